The van der Waals surface area contributed by atoms with E-state index in [1.165, 1.54) is 43.8 Å². The summed E-state index contributed by atoms with van der Waals surface area (Å²) in [5, 5.41) is 5.48. The van der Waals surface area contributed by atoms with Crippen LogP contribution in [0.15, 0.2) is 72.8 Å². The quantitative estimate of drug-likeness (QED) is 0.278. The van der Waals surface area contributed by atoms with E-state index in [1.807, 2.05) is 27.7 Å². The fraction of sp³-hybridized carbons (Fsp3) is 0.259. The summed E-state index contributed by atoms with van der Waals surface area (Å²) in [6.45, 7) is 12.7. The van der Waals surface area contributed by atoms with Crippen molar-refractivity contribution in [3.63, 3.8) is 0 Å². The molecule has 0 atom stereocenters. The van der Waals surface area contributed by atoms with Crippen molar-refractivity contribution in [1.82, 2.24) is 0 Å². The first kappa shape index (κ1) is 19.2. The van der Waals surface area contributed by atoms with Gasteiger partial charge in [0.1, 0.15) is 0 Å². The Morgan fingerprint density at radius 2 is 0.963 bits per heavy atom. The fourth-order valence-corrected chi connectivity index (χ4v) is 4.45. The van der Waals surface area contributed by atoms with Gasteiger partial charge in [-0.1, -0.05) is 114 Å². The summed E-state index contributed by atoms with van der Waals surface area (Å²) in [5.41, 5.74) is 5.79. The maximum Gasteiger partial charge on any atom is 0.0165 e. The Morgan fingerprint density at radius 1 is 0.519 bits per heavy atom. The third kappa shape index (κ3) is 2.75. The molecule has 0 nitrogen and oxygen atoms in total. The molecule has 0 fully saturated rings. The van der Waals surface area contributed by atoms with Crippen molar-refractivity contribution in [3.8, 4) is 11.1 Å². The lowest BCUT2D eigenvalue weighted by Gasteiger charge is -2.24. The highest BCUT2D eigenvalue weighted by atomic mass is 14.4. The van der Waals surface area contributed by atoms with Gasteiger partial charge in [0.25, 0.3) is 0 Å². The van der Waals surface area contributed by atoms with Gasteiger partial charge in [-0.05, 0) is 43.8 Å². The van der Waals surface area contributed by atoms with Crippen LogP contribution in [-0.4, -0.2) is 0 Å². The number of rotatable bonds is 0. The van der Waals surface area contributed by atoms with Crippen LogP contribution >= 0.6 is 0 Å². The van der Waals surface area contributed by atoms with E-state index < -0.39 is 0 Å². The van der Waals surface area contributed by atoms with E-state index in [4.69, 9.17) is 0 Å². The minimum atomic E-state index is 0.0373. The van der Waals surface area contributed by atoms with Gasteiger partial charge in [-0.25, -0.2) is 0 Å². The Kier molecular flexibility index (Phi) is 5.37. The van der Waals surface area contributed by atoms with Gasteiger partial charge in [0, 0.05) is 5.41 Å². The number of fused-ring (bicyclic) bond motifs is 8. The molecule has 138 valence electrons. The van der Waals surface area contributed by atoms with E-state index in [0.717, 1.165) is 0 Å². The Morgan fingerprint density at radius 3 is 1.59 bits per heavy atom. The second kappa shape index (κ2) is 7.56. The minimum Gasteiger partial charge on any atom is -0.0683 e. The number of benzene rings is 4. The monoisotopic (exact) mass is 354 g/mol. The summed E-state index contributed by atoms with van der Waals surface area (Å²) < 4.78 is 0. The van der Waals surface area contributed by atoms with Crippen LogP contribution in [0, 0.1) is 0 Å². The summed E-state index contributed by atoms with van der Waals surface area (Å²) >= 11 is 0. The van der Waals surface area contributed by atoms with Crippen molar-refractivity contribution in [3.05, 3.63) is 83.9 Å². The third-order valence-corrected chi connectivity index (χ3v) is 5.43. The molecule has 0 aliphatic heterocycles. The van der Waals surface area contributed by atoms with Gasteiger partial charge < -0.3 is 0 Å². The zero-order valence-corrected chi connectivity index (χ0v) is 17.4. The fourth-order valence-electron chi connectivity index (χ4n) is 4.45. The zero-order chi connectivity index (χ0) is 19.6. The van der Waals surface area contributed by atoms with Crippen LogP contribution in [0.25, 0.3) is 32.7 Å². The van der Waals surface area contributed by atoms with Gasteiger partial charge >= 0.3 is 0 Å². The predicted molar refractivity (Wildman–Crippen MR) is 122 cm³/mol. The molecule has 0 spiro atoms. The SMILES string of the molecule is CC.CC.CC1(C)c2ccccc2-c2c1c1ccccc1c1ccccc21. The molecular formula is C27H30. The van der Waals surface area contributed by atoms with Crippen molar-refractivity contribution in [2.45, 2.75) is 47.0 Å². The van der Waals surface area contributed by atoms with Gasteiger partial charge in [-0.2, -0.15) is 0 Å². The number of hydrogen-bond acceptors (Lipinski definition) is 0. The molecule has 0 heterocycles. The van der Waals surface area contributed by atoms with Crippen molar-refractivity contribution < 1.29 is 0 Å². The van der Waals surface area contributed by atoms with E-state index in [-0.39, 0.29) is 5.41 Å². The average Bonchev–Trinajstić information content (AvgIpc) is 2.99. The highest BCUT2D eigenvalue weighted by molar-refractivity contribution is 6.18. The van der Waals surface area contributed by atoms with Gasteiger partial charge in [0.2, 0.25) is 0 Å². The molecule has 0 N–H and O–H groups in total. The van der Waals surface area contributed by atoms with E-state index in [9.17, 15) is 0 Å². The standard InChI is InChI=1S/C23H18.2C2H6/c1-23(2)20-14-8-7-13-19(20)21-17-11-5-3-9-15(17)16-10-4-6-12-18(16)22(21)23;2*1-2/h3-14H,1-2H3;2*1-2H3. The molecule has 0 unspecified atom stereocenters. The summed E-state index contributed by atoms with van der Waals surface area (Å²) in [4.78, 5) is 0. The second-order valence-electron chi connectivity index (χ2n) is 7.01. The van der Waals surface area contributed by atoms with Crippen LogP contribution < -0.4 is 0 Å². The normalized spacial score (nSPS) is 13.1. The van der Waals surface area contributed by atoms with E-state index >= 15 is 0 Å². The molecule has 0 heteroatoms. The van der Waals surface area contributed by atoms with Crippen LogP contribution in [0.2, 0.25) is 0 Å². The summed E-state index contributed by atoms with van der Waals surface area (Å²) in [6, 6.07) is 26.6. The van der Waals surface area contributed by atoms with E-state index in [0.29, 0.717) is 0 Å². The Hall–Kier alpha value is -2.60. The lowest BCUT2D eigenvalue weighted by Crippen LogP contribution is -2.15. The second-order valence-corrected chi connectivity index (χ2v) is 7.01. The van der Waals surface area contributed by atoms with Gasteiger partial charge in [-0.3, -0.25) is 0 Å². The van der Waals surface area contributed by atoms with E-state index in [2.05, 4.69) is 86.6 Å². The lowest BCUT2D eigenvalue weighted by molar-refractivity contribution is 0.666. The highest BCUT2D eigenvalue weighted by Gasteiger charge is 2.37. The molecule has 0 radical (unpaired) electrons. The first-order chi connectivity index (χ1) is 13.2. The average molecular weight is 355 g/mol. The highest BCUT2D eigenvalue weighted by Crippen LogP contribution is 2.54. The van der Waals surface area contributed by atoms with Crippen molar-refractivity contribution in [2.24, 2.45) is 0 Å². The first-order valence-corrected chi connectivity index (χ1v) is 10.2. The molecule has 5 rings (SSSR count). The third-order valence-electron chi connectivity index (χ3n) is 5.43. The largest absolute Gasteiger partial charge is 0.0683 e. The van der Waals surface area contributed by atoms with Crippen LogP contribution in [0.1, 0.15) is 52.7 Å². The molecule has 1 aliphatic rings. The van der Waals surface area contributed by atoms with Crippen LogP contribution in [0.3, 0.4) is 0 Å². The number of hydrogen-bond donors (Lipinski definition) is 0. The molecule has 0 saturated heterocycles. The molecule has 27 heavy (non-hydrogen) atoms. The molecule has 0 amide bonds. The van der Waals surface area contributed by atoms with Gasteiger partial charge in [0.15, 0.2) is 0 Å². The topological polar surface area (TPSA) is 0 Å². The summed E-state index contributed by atoms with van der Waals surface area (Å²) in [6.07, 6.45) is 0. The zero-order valence-electron chi connectivity index (χ0n) is 17.4. The van der Waals surface area contributed by atoms with Crippen molar-refractivity contribution in [2.75, 3.05) is 0 Å². The van der Waals surface area contributed by atoms with Crippen molar-refractivity contribution in [1.29, 1.82) is 0 Å². The molecule has 0 bridgehead atoms. The first-order valence-electron chi connectivity index (χ1n) is 10.2. The molecule has 4 aromatic rings. The van der Waals surface area contributed by atoms with E-state index in [1.54, 1.807) is 0 Å². The lowest BCUT2D eigenvalue weighted by atomic mass is 9.79. The van der Waals surface area contributed by atoms with Crippen LogP contribution in [-0.2, 0) is 5.41 Å². The molecular weight excluding hydrogens is 324 g/mol. The van der Waals surface area contributed by atoms with Crippen LogP contribution in [0.5, 0.6) is 0 Å². The maximum atomic E-state index is 2.36. The Balaban J connectivity index is 0.000000495. The van der Waals surface area contributed by atoms with Crippen LogP contribution in [0.4, 0.5) is 0 Å². The van der Waals surface area contributed by atoms with Gasteiger partial charge in [-0.15, -0.1) is 0 Å². The molecule has 0 aromatic heterocycles. The summed E-state index contributed by atoms with van der Waals surface area (Å²) in [7, 11) is 0. The Bertz CT molecular complexity index is 1080. The molecule has 4 aromatic carbocycles. The Labute approximate surface area is 163 Å². The van der Waals surface area contributed by atoms with Gasteiger partial charge in [0.05, 0.1) is 0 Å². The smallest absolute Gasteiger partial charge is 0.0165 e. The molecule has 0 saturated carbocycles. The van der Waals surface area contributed by atoms with Crippen molar-refractivity contribution >= 4 is 21.5 Å². The molecule has 1 aliphatic carbocycles. The maximum absolute atomic E-state index is 2.36. The minimum absolute atomic E-state index is 0.0373. The predicted octanol–water partition coefficient (Wildman–Crippen LogP) is 8.35. The summed E-state index contributed by atoms with van der Waals surface area (Å²) in [5.74, 6) is 0.